The van der Waals surface area contributed by atoms with Crippen molar-refractivity contribution in [1.29, 1.82) is 5.26 Å². The van der Waals surface area contributed by atoms with Crippen molar-refractivity contribution in [1.82, 2.24) is 24.3 Å². The highest BCUT2D eigenvalue weighted by molar-refractivity contribution is 5.84. The van der Waals surface area contributed by atoms with Crippen LogP contribution in [0, 0.1) is 17.1 Å². The minimum absolute atomic E-state index is 0.00643. The van der Waals surface area contributed by atoms with Crippen LogP contribution in [-0.2, 0) is 11.3 Å². The first-order valence-corrected chi connectivity index (χ1v) is 13.5. The minimum atomic E-state index is -1.21. The minimum Gasteiger partial charge on any atom is -0.444 e. The van der Waals surface area contributed by atoms with Crippen LogP contribution in [0.3, 0.4) is 0 Å². The largest absolute Gasteiger partial charge is 0.444 e. The van der Waals surface area contributed by atoms with E-state index in [1.165, 1.54) is 9.42 Å². The number of aromatic nitrogens is 4. The van der Waals surface area contributed by atoms with E-state index in [1.807, 2.05) is 22.9 Å². The molecule has 2 aliphatic heterocycles. The highest BCUT2D eigenvalue weighted by Crippen LogP contribution is 2.37. The summed E-state index contributed by atoms with van der Waals surface area (Å²) in [7, 11) is 0. The van der Waals surface area contributed by atoms with Crippen molar-refractivity contribution in [2.45, 2.75) is 64.4 Å². The highest BCUT2D eigenvalue weighted by Gasteiger charge is 2.35. The molecule has 11 heteroatoms. The number of anilines is 1. The van der Waals surface area contributed by atoms with E-state index in [2.05, 4.69) is 23.0 Å². The number of hydrogen-bond donors (Lipinski definition) is 0. The summed E-state index contributed by atoms with van der Waals surface area (Å²) in [6, 6.07) is 11.4. The second-order valence-corrected chi connectivity index (χ2v) is 11.7. The second kappa shape index (κ2) is 9.47. The molecule has 9 nitrogen and oxygen atoms in total. The normalized spacial score (nSPS) is 21.5. The van der Waals surface area contributed by atoms with Gasteiger partial charge in [-0.05, 0) is 57.9 Å². The van der Waals surface area contributed by atoms with Crippen LogP contribution < -0.4 is 4.90 Å². The zero-order valence-electron chi connectivity index (χ0n) is 22.9. The molecule has 0 saturated carbocycles. The van der Waals surface area contributed by atoms with Gasteiger partial charge in [-0.1, -0.05) is 12.1 Å². The molecule has 208 valence electrons. The molecule has 2 aliphatic rings. The Bertz CT molecular complexity index is 1660. The Hall–Kier alpha value is -4.20. The fourth-order valence-corrected chi connectivity index (χ4v) is 5.92. The smallest absolute Gasteiger partial charge is 0.410 e. The number of halogens is 2. The maximum Gasteiger partial charge on any atom is 0.410 e. The predicted octanol–water partition coefficient (Wildman–Crippen LogP) is 5.34. The third kappa shape index (κ3) is 4.41. The van der Waals surface area contributed by atoms with E-state index < -0.39 is 23.7 Å². The van der Waals surface area contributed by atoms with Gasteiger partial charge in [-0.25, -0.2) is 18.1 Å². The summed E-state index contributed by atoms with van der Waals surface area (Å²) in [6.45, 7) is 8.95. The van der Waals surface area contributed by atoms with Crippen molar-refractivity contribution in [2.75, 3.05) is 24.5 Å². The maximum absolute atomic E-state index is 15.4. The van der Waals surface area contributed by atoms with Crippen molar-refractivity contribution in [3.05, 3.63) is 59.3 Å². The van der Waals surface area contributed by atoms with Gasteiger partial charge in [-0.15, -0.1) is 0 Å². The molecule has 0 spiro atoms. The number of alkyl halides is 1. The first kappa shape index (κ1) is 26.0. The summed E-state index contributed by atoms with van der Waals surface area (Å²) in [4.78, 5) is 16.0. The van der Waals surface area contributed by atoms with Crippen molar-refractivity contribution >= 4 is 28.2 Å². The summed E-state index contributed by atoms with van der Waals surface area (Å²) >= 11 is 0. The maximum atomic E-state index is 15.4. The van der Waals surface area contributed by atoms with E-state index in [-0.39, 0.29) is 29.7 Å². The molecule has 6 rings (SSSR count). The third-order valence-electron chi connectivity index (χ3n) is 7.74. The fourth-order valence-electron chi connectivity index (χ4n) is 5.92. The lowest BCUT2D eigenvalue weighted by atomic mass is 9.87. The predicted molar refractivity (Wildman–Crippen MR) is 145 cm³/mol. The number of amides is 1. The van der Waals surface area contributed by atoms with Gasteiger partial charge in [0.1, 0.15) is 29.1 Å². The van der Waals surface area contributed by atoms with Gasteiger partial charge in [0.15, 0.2) is 5.82 Å². The number of pyridine rings is 1. The van der Waals surface area contributed by atoms with Crippen LogP contribution in [0.15, 0.2) is 36.5 Å². The molecule has 0 aliphatic carbocycles. The zero-order valence-corrected chi connectivity index (χ0v) is 22.9. The Balaban J connectivity index is 1.27. The second-order valence-electron chi connectivity index (χ2n) is 11.7. The molecular formula is C29H31F2N7O2. The van der Waals surface area contributed by atoms with Crippen molar-refractivity contribution < 1.29 is 18.3 Å². The first-order valence-electron chi connectivity index (χ1n) is 13.5. The number of piperidine rings is 1. The van der Waals surface area contributed by atoms with Gasteiger partial charge in [-0.3, -0.25) is 4.68 Å². The molecule has 40 heavy (non-hydrogen) atoms. The Labute approximate surface area is 230 Å². The van der Waals surface area contributed by atoms with Crippen molar-refractivity contribution in [3.63, 3.8) is 0 Å². The average Bonchev–Trinajstić information content (AvgIpc) is 3.48. The lowest BCUT2D eigenvalue weighted by molar-refractivity contribution is 0.0111. The van der Waals surface area contributed by atoms with E-state index in [0.29, 0.717) is 31.7 Å². The number of nitriles is 1. The molecule has 3 atom stereocenters. The van der Waals surface area contributed by atoms with E-state index in [4.69, 9.17) is 9.84 Å². The molecule has 1 amide bonds. The van der Waals surface area contributed by atoms with Crippen LogP contribution in [0.25, 0.3) is 16.4 Å². The van der Waals surface area contributed by atoms with Gasteiger partial charge in [-0.2, -0.15) is 15.5 Å². The van der Waals surface area contributed by atoms with Gasteiger partial charge in [0.25, 0.3) is 0 Å². The number of carbonyl (C=O) groups is 1. The van der Waals surface area contributed by atoms with Crippen LogP contribution in [0.4, 0.5) is 19.3 Å². The van der Waals surface area contributed by atoms with Crippen LogP contribution in [0.5, 0.6) is 0 Å². The molecule has 0 bridgehead atoms. The molecule has 1 fully saturated rings. The number of fused-ring (bicyclic) bond motifs is 4. The summed E-state index contributed by atoms with van der Waals surface area (Å²) in [5.41, 5.74) is 3.20. The third-order valence-corrected chi connectivity index (χ3v) is 7.74. The number of hydrogen-bond acceptors (Lipinski definition) is 6. The summed E-state index contributed by atoms with van der Waals surface area (Å²) in [5.74, 6) is -0.820. The topological polar surface area (TPSA) is 91.7 Å². The lowest BCUT2D eigenvalue weighted by Gasteiger charge is -2.35. The molecule has 0 radical (unpaired) electrons. The Kier molecular flexibility index (Phi) is 6.16. The number of likely N-dealkylation sites (tertiary alicyclic amines) is 1. The summed E-state index contributed by atoms with van der Waals surface area (Å²) < 4.78 is 38.9. The highest BCUT2D eigenvalue weighted by atomic mass is 19.1. The summed E-state index contributed by atoms with van der Waals surface area (Å²) in [5, 5.41) is 19.3. The van der Waals surface area contributed by atoms with Gasteiger partial charge in [0, 0.05) is 24.4 Å². The molecule has 0 unspecified atom stereocenters. The monoisotopic (exact) mass is 547 g/mol. The van der Waals surface area contributed by atoms with Crippen LogP contribution in [0.1, 0.15) is 63.0 Å². The first-order chi connectivity index (χ1) is 19.0. The van der Waals surface area contributed by atoms with Gasteiger partial charge >= 0.3 is 6.09 Å². The average molecular weight is 548 g/mol. The molecule has 5 heterocycles. The summed E-state index contributed by atoms with van der Waals surface area (Å²) in [6.07, 6.45) is -0.0750. The Morgan fingerprint density at radius 2 is 2.00 bits per heavy atom. The zero-order chi connectivity index (χ0) is 28.3. The van der Waals surface area contributed by atoms with Crippen LogP contribution in [-0.4, -0.2) is 61.8 Å². The number of nitrogens with zero attached hydrogens (tertiary/aromatic N) is 7. The number of rotatable bonds is 2. The van der Waals surface area contributed by atoms with E-state index in [0.717, 1.165) is 28.4 Å². The van der Waals surface area contributed by atoms with Crippen LogP contribution >= 0.6 is 0 Å². The number of ether oxygens (including phenoxy) is 1. The Morgan fingerprint density at radius 3 is 2.73 bits per heavy atom. The molecule has 1 saturated heterocycles. The van der Waals surface area contributed by atoms with E-state index in [9.17, 15) is 14.4 Å². The molecule has 3 aromatic heterocycles. The Morgan fingerprint density at radius 1 is 1.20 bits per heavy atom. The molecule has 0 N–H and O–H groups in total. The van der Waals surface area contributed by atoms with Crippen LogP contribution in [0.2, 0.25) is 0 Å². The van der Waals surface area contributed by atoms with Gasteiger partial charge in [0.2, 0.25) is 0 Å². The standard InChI is InChI=1S/C29H31F2N7O2/c1-17-14-36(25-8-6-19(12-32)38-27(25)22(30)13-33-38)16-26-21-7-5-18(11-24(21)34-37(17)26)20-9-10-35(15-23(20)31)28(39)40-29(2,3)4/h5-8,11,13,17,20,23H,9-10,14-16H2,1-4H3/t17-,20-,23-/m1/s1. The van der Waals surface area contributed by atoms with Gasteiger partial charge in [0.05, 0.1) is 42.2 Å². The molecule has 1 aromatic carbocycles. The number of benzene rings is 1. The van der Waals surface area contributed by atoms with Gasteiger partial charge < -0.3 is 14.5 Å². The van der Waals surface area contributed by atoms with E-state index >= 15 is 4.39 Å². The molecular weight excluding hydrogens is 516 g/mol. The lowest BCUT2D eigenvalue weighted by Crippen LogP contribution is -2.46. The number of carbonyl (C=O) groups excluding carboxylic acids is 1. The van der Waals surface area contributed by atoms with E-state index in [1.54, 1.807) is 32.9 Å². The van der Waals surface area contributed by atoms with Crippen molar-refractivity contribution in [2.24, 2.45) is 0 Å². The quantitative estimate of drug-likeness (QED) is 0.337. The SMILES string of the molecule is C[C@@H]1CN(c2ccc(C#N)n3ncc(F)c23)Cc2c3ccc([C@H]4CCN(C(=O)OC(C)(C)C)C[C@H]4F)cc3nn21. The molecule has 4 aromatic rings. The fraction of sp³-hybridized carbons (Fsp3) is 0.448. The van der Waals surface area contributed by atoms with Crippen molar-refractivity contribution in [3.8, 4) is 6.07 Å².